The number of carbonyl (C=O) groups excluding carboxylic acids is 2. The van der Waals surface area contributed by atoms with Crippen molar-refractivity contribution < 1.29 is 9.59 Å². The van der Waals surface area contributed by atoms with E-state index in [9.17, 15) is 9.59 Å². The lowest BCUT2D eigenvalue weighted by atomic mass is 9.86. The van der Waals surface area contributed by atoms with Gasteiger partial charge in [0.1, 0.15) is 6.54 Å². The summed E-state index contributed by atoms with van der Waals surface area (Å²) in [6.45, 7) is 6.54. The lowest BCUT2D eigenvalue weighted by Crippen LogP contribution is -2.42. The first kappa shape index (κ1) is 13.6. The highest BCUT2D eigenvalue weighted by atomic mass is 16.2. The van der Waals surface area contributed by atoms with Crippen molar-refractivity contribution in [2.75, 3.05) is 18.0 Å². The number of anilines is 1. The number of rotatable bonds is 4. The minimum atomic E-state index is -0.554. The maximum atomic E-state index is 12.4. The summed E-state index contributed by atoms with van der Waals surface area (Å²) in [6, 6.07) is 7.67. The highest BCUT2D eigenvalue weighted by Gasteiger charge is 2.43. The molecule has 1 aromatic rings. The van der Waals surface area contributed by atoms with Crippen molar-refractivity contribution in [2.45, 2.75) is 32.6 Å². The van der Waals surface area contributed by atoms with Crippen LogP contribution in [-0.4, -0.2) is 24.9 Å². The molecule has 0 fully saturated rings. The van der Waals surface area contributed by atoms with Gasteiger partial charge in [0.25, 0.3) is 0 Å². The van der Waals surface area contributed by atoms with E-state index in [4.69, 9.17) is 0 Å². The Bertz CT molecular complexity index is 509. The van der Waals surface area contributed by atoms with Gasteiger partial charge in [0.15, 0.2) is 0 Å². The smallest absolute Gasteiger partial charge is 0.240 e. The van der Waals surface area contributed by atoms with E-state index in [1.54, 1.807) is 4.90 Å². The molecule has 4 nitrogen and oxygen atoms in total. The van der Waals surface area contributed by atoms with Gasteiger partial charge in [-0.1, -0.05) is 25.1 Å². The molecule has 0 aliphatic carbocycles. The number of nitrogens with one attached hydrogen (secondary N) is 1. The van der Waals surface area contributed by atoms with Gasteiger partial charge < -0.3 is 10.2 Å². The molecule has 0 spiro atoms. The van der Waals surface area contributed by atoms with Crippen molar-refractivity contribution in [1.29, 1.82) is 0 Å². The third-order valence-corrected chi connectivity index (χ3v) is 3.52. The first-order chi connectivity index (χ1) is 8.98. The summed E-state index contributed by atoms with van der Waals surface area (Å²) in [5.41, 5.74) is 1.29. The molecule has 0 saturated heterocycles. The van der Waals surface area contributed by atoms with Gasteiger partial charge in [0.2, 0.25) is 11.8 Å². The van der Waals surface area contributed by atoms with Gasteiger partial charge >= 0.3 is 0 Å². The number of para-hydroxylation sites is 1. The van der Waals surface area contributed by atoms with Crippen molar-refractivity contribution in [3.05, 3.63) is 29.8 Å². The topological polar surface area (TPSA) is 49.4 Å². The Morgan fingerprint density at radius 1 is 1.32 bits per heavy atom. The molecule has 0 radical (unpaired) electrons. The molecular formula is C15H20N2O2. The number of fused-ring (bicyclic) bond motifs is 1. The zero-order valence-corrected chi connectivity index (χ0v) is 11.7. The Kier molecular flexibility index (Phi) is 3.60. The van der Waals surface area contributed by atoms with Crippen molar-refractivity contribution in [1.82, 2.24) is 5.32 Å². The van der Waals surface area contributed by atoms with Crippen LogP contribution in [0.25, 0.3) is 0 Å². The van der Waals surface area contributed by atoms with Crippen LogP contribution in [-0.2, 0) is 15.0 Å². The van der Waals surface area contributed by atoms with Crippen LogP contribution in [0.2, 0.25) is 0 Å². The molecule has 0 saturated carbocycles. The summed E-state index contributed by atoms with van der Waals surface area (Å²) >= 11 is 0. The fourth-order valence-corrected chi connectivity index (χ4v) is 2.42. The second kappa shape index (κ2) is 5.03. The Morgan fingerprint density at radius 2 is 2.00 bits per heavy atom. The summed E-state index contributed by atoms with van der Waals surface area (Å²) in [5.74, 6) is -0.122. The van der Waals surface area contributed by atoms with Gasteiger partial charge in [-0.05, 0) is 31.9 Å². The predicted octanol–water partition coefficient (Wildman–Crippen LogP) is 1.84. The monoisotopic (exact) mass is 260 g/mol. The van der Waals surface area contributed by atoms with E-state index >= 15 is 0 Å². The summed E-state index contributed by atoms with van der Waals surface area (Å²) in [7, 11) is 0. The Balaban J connectivity index is 2.23. The van der Waals surface area contributed by atoms with Crippen LogP contribution in [0.4, 0.5) is 5.69 Å². The summed E-state index contributed by atoms with van der Waals surface area (Å²) in [4.78, 5) is 25.8. The van der Waals surface area contributed by atoms with Crippen molar-refractivity contribution in [2.24, 2.45) is 0 Å². The van der Waals surface area contributed by atoms with E-state index in [0.717, 1.165) is 17.7 Å². The fourth-order valence-electron chi connectivity index (χ4n) is 2.42. The SMILES string of the molecule is CCCNC(=O)CN1C(=O)C(C)(C)c2ccccc21. The maximum Gasteiger partial charge on any atom is 0.240 e. The molecule has 1 heterocycles. The van der Waals surface area contributed by atoms with E-state index in [1.165, 1.54) is 0 Å². The zero-order valence-electron chi connectivity index (χ0n) is 11.7. The molecule has 0 unspecified atom stereocenters. The average molecular weight is 260 g/mol. The molecule has 102 valence electrons. The first-order valence-corrected chi connectivity index (χ1v) is 6.66. The van der Waals surface area contributed by atoms with Crippen LogP contribution < -0.4 is 10.2 Å². The van der Waals surface area contributed by atoms with Gasteiger partial charge in [-0.25, -0.2) is 0 Å². The van der Waals surface area contributed by atoms with Gasteiger partial charge in [-0.3, -0.25) is 9.59 Å². The zero-order chi connectivity index (χ0) is 14.0. The molecule has 1 aromatic carbocycles. The molecule has 19 heavy (non-hydrogen) atoms. The summed E-state index contributed by atoms with van der Waals surface area (Å²) in [6.07, 6.45) is 0.891. The van der Waals surface area contributed by atoms with E-state index in [1.807, 2.05) is 45.0 Å². The molecule has 2 amide bonds. The molecule has 1 N–H and O–H groups in total. The van der Waals surface area contributed by atoms with Gasteiger partial charge in [-0.15, -0.1) is 0 Å². The molecule has 4 heteroatoms. The van der Waals surface area contributed by atoms with E-state index in [-0.39, 0.29) is 18.4 Å². The number of hydrogen-bond donors (Lipinski definition) is 1. The van der Waals surface area contributed by atoms with E-state index in [2.05, 4.69) is 5.32 Å². The number of nitrogens with zero attached hydrogens (tertiary/aromatic N) is 1. The summed E-state index contributed by atoms with van der Waals surface area (Å²) < 4.78 is 0. The number of hydrogen-bond acceptors (Lipinski definition) is 2. The van der Waals surface area contributed by atoms with Crippen LogP contribution in [0.5, 0.6) is 0 Å². The third kappa shape index (κ3) is 2.35. The van der Waals surface area contributed by atoms with Crippen LogP contribution in [0.3, 0.4) is 0 Å². The van der Waals surface area contributed by atoms with Crippen molar-refractivity contribution >= 4 is 17.5 Å². The lowest BCUT2D eigenvalue weighted by molar-refractivity contribution is -0.125. The standard InChI is InChI=1S/C15H20N2O2/c1-4-9-16-13(18)10-17-12-8-6-5-7-11(12)15(2,3)14(17)19/h5-8H,4,9-10H2,1-3H3,(H,16,18). The Morgan fingerprint density at radius 3 is 2.68 bits per heavy atom. The van der Waals surface area contributed by atoms with Crippen LogP contribution in [0.15, 0.2) is 24.3 Å². The quantitative estimate of drug-likeness (QED) is 0.898. The molecule has 0 aromatic heterocycles. The highest BCUT2D eigenvalue weighted by molar-refractivity contribution is 6.10. The van der Waals surface area contributed by atoms with Gasteiger partial charge in [0, 0.05) is 12.2 Å². The molecule has 1 aliphatic heterocycles. The fraction of sp³-hybridized carbons (Fsp3) is 0.467. The third-order valence-electron chi connectivity index (χ3n) is 3.52. The molecular weight excluding hydrogens is 240 g/mol. The molecule has 1 aliphatic rings. The van der Waals surface area contributed by atoms with Crippen LogP contribution >= 0.6 is 0 Å². The second-order valence-corrected chi connectivity index (χ2v) is 5.38. The average Bonchev–Trinajstić information content (AvgIpc) is 2.58. The number of amides is 2. The first-order valence-electron chi connectivity index (χ1n) is 6.66. The maximum absolute atomic E-state index is 12.4. The van der Waals surface area contributed by atoms with Crippen LogP contribution in [0.1, 0.15) is 32.8 Å². The summed E-state index contributed by atoms with van der Waals surface area (Å²) in [5, 5.41) is 2.81. The molecule has 0 bridgehead atoms. The lowest BCUT2D eigenvalue weighted by Gasteiger charge is -2.19. The van der Waals surface area contributed by atoms with Crippen molar-refractivity contribution in [3.8, 4) is 0 Å². The second-order valence-electron chi connectivity index (χ2n) is 5.38. The number of benzene rings is 1. The highest BCUT2D eigenvalue weighted by Crippen LogP contribution is 2.40. The minimum absolute atomic E-state index is 0.0136. The Labute approximate surface area is 113 Å². The van der Waals surface area contributed by atoms with E-state index in [0.29, 0.717) is 6.54 Å². The van der Waals surface area contributed by atoms with Gasteiger partial charge in [-0.2, -0.15) is 0 Å². The van der Waals surface area contributed by atoms with Crippen molar-refractivity contribution in [3.63, 3.8) is 0 Å². The van der Waals surface area contributed by atoms with Crippen LogP contribution in [0, 0.1) is 0 Å². The van der Waals surface area contributed by atoms with E-state index < -0.39 is 5.41 Å². The molecule has 0 atom stereocenters. The van der Waals surface area contributed by atoms with Gasteiger partial charge in [0.05, 0.1) is 5.41 Å². The Hall–Kier alpha value is -1.84. The predicted molar refractivity (Wildman–Crippen MR) is 75.1 cm³/mol. The molecule has 2 rings (SSSR count). The largest absolute Gasteiger partial charge is 0.355 e. The normalized spacial score (nSPS) is 16.4. The number of carbonyl (C=O) groups is 2. The minimum Gasteiger partial charge on any atom is -0.355 e.